The van der Waals surface area contributed by atoms with Crippen molar-refractivity contribution in [3.8, 4) is 33.6 Å². The van der Waals surface area contributed by atoms with Crippen molar-refractivity contribution < 1.29 is 28.7 Å². The van der Waals surface area contributed by atoms with Crippen LogP contribution in [0.25, 0.3) is 44.4 Å². The fourth-order valence-electron chi connectivity index (χ4n) is 10.0. The van der Waals surface area contributed by atoms with Gasteiger partial charge in [-0.25, -0.2) is 19.6 Å². The number of piperidine rings is 1. The number of imidazole rings is 2. The van der Waals surface area contributed by atoms with Crippen molar-refractivity contribution in [3.63, 3.8) is 0 Å². The molecular formula is C52H58N8O6. The van der Waals surface area contributed by atoms with Gasteiger partial charge in [0.1, 0.15) is 23.7 Å². The second-order valence-electron chi connectivity index (χ2n) is 18.5. The van der Waals surface area contributed by atoms with E-state index in [4.69, 9.17) is 19.4 Å². The molecule has 2 aliphatic heterocycles. The monoisotopic (exact) mass is 890 g/mol. The summed E-state index contributed by atoms with van der Waals surface area (Å²) in [5, 5.41) is 7.73. The van der Waals surface area contributed by atoms with Crippen LogP contribution in [0.15, 0.2) is 103 Å². The molecule has 2 saturated heterocycles. The lowest BCUT2D eigenvalue weighted by Crippen LogP contribution is -2.56. The Morgan fingerprint density at radius 3 is 1.95 bits per heavy atom. The van der Waals surface area contributed by atoms with Gasteiger partial charge in [-0.3, -0.25) is 9.59 Å². The van der Waals surface area contributed by atoms with Gasteiger partial charge in [-0.15, -0.1) is 0 Å². The number of hydrogen-bond acceptors (Lipinski definition) is 8. The van der Waals surface area contributed by atoms with Crippen molar-refractivity contribution in [2.75, 3.05) is 20.8 Å². The number of methoxy groups -OCH3 is 2. The second kappa shape index (κ2) is 18.5. The largest absolute Gasteiger partial charge is 0.453 e. The lowest BCUT2D eigenvalue weighted by molar-refractivity contribution is -0.142. The highest BCUT2D eigenvalue weighted by atomic mass is 16.5. The third-order valence-electron chi connectivity index (χ3n) is 13.9. The molecule has 5 atom stereocenters. The van der Waals surface area contributed by atoms with E-state index in [1.54, 1.807) is 0 Å². The smallest absolute Gasteiger partial charge is 0.407 e. The first-order chi connectivity index (χ1) is 32.0. The number of carbonyl (C=O) groups is 4. The molecule has 3 fully saturated rings. The van der Waals surface area contributed by atoms with E-state index in [0.29, 0.717) is 12.1 Å². The van der Waals surface area contributed by atoms with Crippen molar-refractivity contribution in [1.82, 2.24) is 40.4 Å². The SMILES string of the molecule is CC[C@H]1CCC[C@@H](c2ncc(-c3ccc(-c4ccc5cc(-c6cnc([C@@H]7CC8(CC8)CN7C(=O)[C@@H](NC(=O)OC)c7ccccc7)[nH]6)ccc5c4)cc3)[nH]2)N1C(=O)[C@@H](NC(=O)OC)C(C)C. The molecule has 1 spiro atoms. The Morgan fingerprint density at radius 1 is 0.727 bits per heavy atom. The van der Waals surface area contributed by atoms with Crippen LogP contribution in [0.1, 0.15) is 101 Å². The van der Waals surface area contributed by atoms with Gasteiger partial charge in [-0.1, -0.05) is 99.6 Å². The van der Waals surface area contributed by atoms with E-state index in [9.17, 15) is 19.2 Å². The topological polar surface area (TPSA) is 175 Å². The van der Waals surface area contributed by atoms with E-state index >= 15 is 0 Å². The van der Waals surface area contributed by atoms with Gasteiger partial charge in [0.15, 0.2) is 0 Å². The maximum atomic E-state index is 14.3. The number of aromatic amines is 2. The molecule has 0 bridgehead atoms. The Hall–Kier alpha value is -6.96. The lowest BCUT2D eigenvalue weighted by atomic mass is 9.91. The third kappa shape index (κ3) is 8.88. The van der Waals surface area contributed by atoms with E-state index in [0.717, 1.165) is 101 Å². The van der Waals surface area contributed by atoms with E-state index in [2.05, 4.69) is 88.2 Å². The first-order valence-electron chi connectivity index (χ1n) is 23.1. The van der Waals surface area contributed by atoms with E-state index in [1.807, 2.05) is 66.4 Å². The van der Waals surface area contributed by atoms with Crippen molar-refractivity contribution in [2.24, 2.45) is 11.3 Å². The molecule has 0 unspecified atom stereocenters. The Balaban J connectivity index is 0.901. The summed E-state index contributed by atoms with van der Waals surface area (Å²) in [6.45, 7) is 6.57. The van der Waals surface area contributed by atoms with Crippen LogP contribution >= 0.6 is 0 Å². The highest BCUT2D eigenvalue weighted by Gasteiger charge is 2.55. The first kappa shape index (κ1) is 44.3. The molecule has 14 heteroatoms. The molecule has 1 saturated carbocycles. The maximum Gasteiger partial charge on any atom is 0.407 e. The molecule has 6 aromatic rings. The van der Waals surface area contributed by atoms with Gasteiger partial charge in [0.05, 0.1) is 50.1 Å². The molecule has 4 aromatic carbocycles. The van der Waals surface area contributed by atoms with Gasteiger partial charge in [0.25, 0.3) is 5.91 Å². The highest BCUT2D eigenvalue weighted by Crippen LogP contribution is 2.58. The van der Waals surface area contributed by atoms with Crippen LogP contribution in [0.3, 0.4) is 0 Å². The summed E-state index contributed by atoms with van der Waals surface area (Å²) in [6.07, 6.45) is 8.81. The van der Waals surface area contributed by atoms with Gasteiger partial charge >= 0.3 is 12.2 Å². The fraction of sp³-hybridized carbons (Fsp3) is 0.385. The number of hydrogen-bond donors (Lipinski definition) is 4. The van der Waals surface area contributed by atoms with Crippen LogP contribution in [0.5, 0.6) is 0 Å². The highest BCUT2D eigenvalue weighted by molar-refractivity contribution is 5.91. The van der Waals surface area contributed by atoms with Crippen molar-refractivity contribution in [2.45, 2.75) is 95.9 Å². The molecule has 4 N–H and O–H groups in total. The van der Waals surface area contributed by atoms with Gasteiger partial charge in [0.2, 0.25) is 5.91 Å². The van der Waals surface area contributed by atoms with E-state index < -0.39 is 24.3 Å². The summed E-state index contributed by atoms with van der Waals surface area (Å²) in [7, 11) is 2.60. The molecule has 14 nitrogen and oxygen atoms in total. The predicted octanol–water partition coefficient (Wildman–Crippen LogP) is 9.65. The summed E-state index contributed by atoms with van der Waals surface area (Å²) in [4.78, 5) is 73.6. The number of rotatable bonds is 12. The number of aromatic nitrogens is 4. The van der Waals surface area contributed by atoms with Crippen LogP contribution in [0.2, 0.25) is 0 Å². The molecule has 2 aromatic heterocycles. The van der Waals surface area contributed by atoms with E-state index in [-0.39, 0.29) is 41.3 Å². The summed E-state index contributed by atoms with van der Waals surface area (Å²) < 4.78 is 9.75. The molecule has 342 valence electrons. The summed E-state index contributed by atoms with van der Waals surface area (Å²) in [5.41, 5.74) is 6.66. The van der Waals surface area contributed by atoms with Crippen LogP contribution < -0.4 is 10.6 Å². The lowest BCUT2D eigenvalue weighted by Gasteiger charge is -2.43. The molecular weight excluding hydrogens is 833 g/mol. The average molecular weight is 891 g/mol. The zero-order valence-electron chi connectivity index (χ0n) is 38.2. The average Bonchev–Trinajstić information content (AvgIpc) is 3.67. The number of nitrogens with one attached hydrogen (secondary N) is 4. The molecule has 1 aliphatic carbocycles. The quantitative estimate of drug-likeness (QED) is 0.0940. The normalized spacial score (nSPS) is 19.7. The van der Waals surface area contributed by atoms with Crippen molar-refractivity contribution in [3.05, 3.63) is 121 Å². The number of carbonyl (C=O) groups excluding carboxylic acids is 4. The third-order valence-corrected chi connectivity index (χ3v) is 13.9. The van der Waals surface area contributed by atoms with Gasteiger partial charge in [-0.2, -0.15) is 0 Å². The van der Waals surface area contributed by atoms with E-state index in [1.165, 1.54) is 14.2 Å². The number of amides is 4. The molecule has 0 radical (unpaired) electrons. The van der Waals surface area contributed by atoms with Gasteiger partial charge < -0.3 is 39.9 Å². The Kier molecular flexibility index (Phi) is 12.4. The molecule has 66 heavy (non-hydrogen) atoms. The maximum absolute atomic E-state index is 14.3. The number of fused-ring (bicyclic) bond motifs is 1. The summed E-state index contributed by atoms with van der Waals surface area (Å²) in [6, 6.07) is 28.5. The minimum Gasteiger partial charge on any atom is -0.453 e. The van der Waals surface area contributed by atoms with Crippen LogP contribution in [-0.2, 0) is 19.1 Å². The zero-order chi connectivity index (χ0) is 46.1. The zero-order valence-corrected chi connectivity index (χ0v) is 38.2. The predicted molar refractivity (Wildman–Crippen MR) is 252 cm³/mol. The van der Waals surface area contributed by atoms with Crippen molar-refractivity contribution in [1.29, 1.82) is 0 Å². The Morgan fingerprint density at radius 2 is 1.32 bits per heavy atom. The summed E-state index contributed by atoms with van der Waals surface area (Å²) >= 11 is 0. The molecule has 3 aliphatic rings. The number of H-pyrrole nitrogens is 2. The molecule has 4 heterocycles. The number of nitrogens with zero attached hydrogens (tertiary/aromatic N) is 4. The summed E-state index contributed by atoms with van der Waals surface area (Å²) in [5.74, 6) is 1.06. The number of benzene rings is 4. The number of likely N-dealkylation sites (tertiary alicyclic amines) is 2. The Bertz CT molecular complexity index is 2730. The van der Waals surface area contributed by atoms with Crippen LogP contribution in [0, 0.1) is 11.3 Å². The number of alkyl carbamates (subject to hydrolysis) is 2. The number of ether oxygens (including phenoxy) is 2. The standard InChI is InChI=1S/C52H58N8O6/c1-6-39-13-10-14-42(60(39)49(62)44(31(2)3)57-50(63)65-4)46-53-28-40(55-46)33-17-15-32(16-18-33)35-19-20-37-26-38(22-21-36(37)25-35)41-29-54-47(56-41)43-27-52(23-24-52)30-59(43)48(61)45(58-51(64)66-5)34-11-8-7-9-12-34/h7-9,11-12,15-22,25-26,28-29,31,39,42-45H,6,10,13-14,23-24,27,30H2,1-5H3,(H,53,55)(H,54,56)(H,57,63)(H,58,64)/t39-,42-,43-,44-,45-/m0/s1. The van der Waals surface area contributed by atoms with Crippen LogP contribution in [0.4, 0.5) is 9.59 Å². The minimum absolute atomic E-state index is 0.0391. The van der Waals surface area contributed by atoms with Crippen molar-refractivity contribution >= 4 is 34.8 Å². The first-order valence-corrected chi connectivity index (χ1v) is 23.1. The van der Waals surface area contributed by atoms with Crippen LogP contribution in [-0.4, -0.2) is 86.6 Å². The van der Waals surface area contributed by atoms with Gasteiger partial charge in [0, 0.05) is 18.2 Å². The van der Waals surface area contributed by atoms with Gasteiger partial charge in [-0.05, 0) is 101 Å². The second-order valence-corrected chi connectivity index (χ2v) is 18.5. The fourth-order valence-corrected chi connectivity index (χ4v) is 10.0. The molecule has 9 rings (SSSR count). The minimum atomic E-state index is -0.882. The Labute approximate surface area is 384 Å². The molecule has 4 amide bonds.